The summed E-state index contributed by atoms with van der Waals surface area (Å²) in [5.41, 5.74) is 4.92. The van der Waals surface area contributed by atoms with Gasteiger partial charge in [-0.2, -0.15) is 10.2 Å². The summed E-state index contributed by atoms with van der Waals surface area (Å²) in [6, 6.07) is 9.36. The highest BCUT2D eigenvalue weighted by molar-refractivity contribution is 5.91. The predicted molar refractivity (Wildman–Crippen MR) is 148 cm³/mol. The topological polar surface area (TPSA) is 110 Å². The molecule has 214 valence electrons. The zero-order chi connectivity index (χ0) is 28.7. The summed E-state index contributed by atoms with van der Waals surface area (Å²) < 4.78 is 45.4. The van der Waals surface area contributed by atoms with Crippen LogP contribution in [0.2, 0.25) is 0 Å². The number of ether oxygens (including phenoxy) is 2. The molecule has 0 saturated carbocycles. The standard InChI is InChI=1S/C28H31F2N9O2/c1-16-12-18(35-38(16)3)13-17-14-21(33-20-9-7-8-19(24(20)40-4)26-31-15-37(2)36-26)23-27(32-17)39(28(34-23)25(29)30)22-10-5-6-11-41-22/h7-9,12,14-15,22,25H,5-6,10-11,13H2,1-4H3,(H,32,33). The van der Waals surface area contributed by atoms with Gasteiger partial charge in [-0.1, -0.05) is 6.07 Å². The SMILES string of the molecule is COc1c(Nc2cc(Cc3cc(C)n(C)n3)nc3c2nc(C(F)F)n3C2CCCCO2)cccc1-c1ncn(C)n1. The van der Waals surface area contributed by atoms with E-state index in [-0.39, 0.29) is 5.82 Å². The maximum absolute atomic E-state index is 14.4. The molecule has 5 heterocycles. The fraction of sp³-hybridized carbons (Fsp3) is 0.393. The van der Waals surface area contributed by atoms with Gasteiger partial charge in [0.25, 0.3) is 6.43 Å². The van der Waals surface area contributed by atoms with Crippen molar-refractivity contribution in [1.29, 1.82) is 0 Å². The first-order valence-corrected chi connectivity index (χ1v) is 13.4. The van der Waals surface area contributed by atoms with E-state index >= 15 is 0 Å². The lowest BCUT2D eigenvalue weighted by molar-refractivity contribution is -0.0363. The highest BCUT2D eigenvalue weighted by Crippen LogP contribution is 2.39. The van der Waals surface area contributed by atoms with Crippen LogP contribution < -0.4 is 10.1 Å². The summed E-state index contributed by atoms with van der Waals surface area (Å²) in [5.74, 6) is 0.638. The maximum atomic E-state index is 14.4. The number of aromatic nitrogens is 8. The van der Waals surface area contributed by atoms with Crippen LogP contribution in [0.25, 0.3) is 22.6 Å². The number of aryl methyl sites for hydroxylation is 3. The van der Waals surface area contributed by atoms with Gasteiger partial charge in [-0.05, 0) is 50.5 Å². The number of benzene rings is 1. The Morgan fingerprint density at radius 3 is 2.61 bits per heavy atom. The van der Waals surface area contributed by atoms with E-state index in [2.05, 4.69) is 25.5 Å². The Morgan fingerprint density at radius 1 is 1.10 bits per heavy atom. The molecule has 0 bridgehead atoms. The highest BCUT2D eigenvalue weighted by atomic mass is 19.3. The van der Waals surface area contributed by atoms with E-state index in [4.69, 9.17) is 14.5 Å². The number of pyridine rings is 1. The van der Waals surface area contributed by atoms with Crippen LogP contribution in [0.3, 0.4) is 0 Å². The number of nitrogens with one attached hydrogen (secondary N) is 1. The lowest BCUT2D eigenvalue weighted by Gasteiger charge is -2.25. The van der Waals surface area contributed by atoms with Gasteiger partial charge in [-0.3, -0.25) is 13.9 Å². The van der Waals surface area contributed by atoms with Crippen LogP contribution in [0.5, 0.6) is 5.75 Å². The maximum Gasteiger partial charge on any atom is 0.295 e. The third kappa shape index (κ3) is 5.12. The van der Waals surface area contributed by atoms with Gasteiger partial charge in [0, 0.05) is 32.8 Å². The van der Waals surface area contributed by atoms with Crippen molar-refractivity contribution in [3.05, 3.63) is 59.6 Å². The van der Waals surface area contributed by atoms with Gasteiger partial charge in [-0.25, -0.2) is 23.7 Å². The van der Waals surface area contributed by atoms with Crippen molar-refractivity contribution in [1.82, 2.24) is 39.1 Å². The third-order valence-corrected chi connectivity index (χ3v) is 7.22. The number of para-hydroxylation sites is 1. The van der Waals surface area contributed by atoms with Crippen molar-refractivity contribution < 1.29 is 18.3 Å². The van der Waals surface area contributed by atoms with E-state index in [9.17, 15) is 8.78 Å². The van der Waals surface area contributed by atoms with Gasteiger partial charge >= 0.3 is 0 Å². The molecular formula is C28H31F2N9O2. The lowest BCUT2D eigenvalue weighted by atomic mass is 10.1. The van der Waals surface area contributed by atoms with Crippen LogP contribution in [0.4, 0.5) is 20.2 Å². The molecule has 4 aromatic heterocycles. The summed E-state index contributed by atoms with van der Waals surface area (Å²) in [5, 5.41) is 12.4. The van der Waals surface area contributed by atoms with E-state index in [1.807, 2.05) is 44.3 Å². The van der Waals surface area contributed by atoms with Crippen molar-refractivity contribution in [2.75, 3.05) is 19.0 Å². The molecule has 1 saturated heterocycles. The number of halogens is 2. The fourth-order valence-corrected chi connectivity index (χ4v) is 5.23. The Labute approximate surface area is 235 Å². The van der Waals surface area contributed by atoms with Crippen molar-refractivity contribution in [3.63, 3.8) is 0 Å². The lowest BCUT2D eigenvalue weighted by Crippen LogP contribution is -2.20. The van der Waals surface area contributed by atoms with Crippen LogP contribution >= 0.6 is 0 Å². The highest BCUT2D eigenvalue weighted by Gasteiger charge is 2.29. The average Bonchev–Trinajstić information content (AvgIpc) is 3.65. The molecule has 11 nitrogen and oxygen atoms in total. The number of anilines is 2. The monoisotopic (exact) mass is 563 g/mol. The Hall–Kier alpha value is -4.39. The molecule has 1 aliphatic heterocycles. The summed E-state index contributed by atoms with van der Waals surface area (Å²) in [6.07, 6.45) is 0.999. The van der Waals surface area contributed by atoms with Crippen LogP contribution in [0.1, 0.15) is 54.8 Å². The Bertz CT molecular complexity index is 1680. The van der Waals surface area contributed by atoms with E-state index in [1.54, 1.807) is 29.8 Å². The number of rotatable bonds is 8. The van der Waals surface area contributed by atoms with Crippen molar-refractivity contribution in [2.45, 2.75) is 45.3 Å². The van der Waals surface area contributed by atoms with Crippen molar-refractivity contribution >= 4 is 22.5 Å². The van der Waals surface area contributed by atoms with E-state index in [1.165, 1.54) is 4.57 Å². The fourth-order valence-electron chi connectivity index (χ4n) is 5.23. The Kier molecular flexibility index (Phi) is 7.12. The van der Waals surface area contributed by atoms with E-state index in [0.717, 1.165) is 24.2 Å². The van der Waals surface area contributed by atoms with Gasteiger partial charge in [-0.15, -0.1) is 0 Å². The zero-order valence-electron chi connectivity index (χ0n) is 23.3. The molecule has 13 heteroatoms. The zero-order valence-corrected chi connectivity index (χ0v) is 23.3. The minimum absolute atomic E-state index is 0.318. The molecule has 0 amide bonds. The van der Waals surface area contributed by atoms with Crippen molar-refractivity contribution in [2.24, 2.45) is 14.1 Å². The molecule has 6 rings (SSSR count). The first-order chi connectivity index (χ1) is 19.8. The molecule has 1 unspecified atom stereocenters. The molecule has 41 heavy (non-hydrogen) atoms. The van der Waals surface area contributed by atoms with E-state index < -0.39 is 12.7 Å². The van der Waals surface area contributed by atoms with Gasteiger partial charge in [0.1, 0.15) is 18.1 Å². The molecule has 1 aromatic carbocycles. The largest absolute Gasteiger partial charge is 0.494 e. The number of hydrogen-bond donors (Lipinski definition) is 1. The average molecular weight is 564 g/mol. The number of nitrogens with zero attached hydrogens (tertiary/aromatic N) is 8. The van der Waals surface area contributed by atoms with E-state index in [0.29, 0.717) is 64.8 Å². The van der Waals surface area contributed by atoms with Gasteiger partial charge < -0.3 is 14.8 Å². The minimum Gasteiger partial charge on any atom is -0.494 e. The number of alkyl halides is 2. The summed E-state index contributed by atoms with van der Waals surface area (Å²) in [6.45, 7) is 2.47. The normalized spacial score (nSPS) is 15.6. The van der Waals surface area contributed by atoms with Gasteiger partial charge in [0.15, 0.2) is 23.0 Å². The first-order valence-electron chi connectivity index (χ1n) is 13.4. The molecule has 0 aliphatic carbocycles. The molecule has 1 N–H and O–H groups in total. The second kappa shape index (κ2) is 10.9. The quantitative estimate of drug-likeness (QED) is 0.273. The smallest absolute Gasteiger partial charge is 0.295 e. The van der Waals surface area contributed by atoms with Crippen LogP contribution in [0.15, 0.2) is 36.7 Å². The number of fused-ring (bicyclic) bond motifs is 1. The first kappa shape index (κ1) is 26.8. The summed E-state index contributed by atoms with van der Waals surface area (Å²) in [4.78, 5) is 13.6. The van der Waals surface area contributed by atoms with Gasteiger partial charge in [0.2, 0.25) is 0 Å². The molecular weight excluding hydrogens is 532 g/mol. The number of methoxy groups -OCH3 is 1. The van der Waals surface area contributed by atoms with Crippen LogP contribution in [0, 0.1) is 6.92 Å². The molecule has 1 aliphatic rings. The Balaban J connectivity index is 1.51. The van der Waals surface area contributed by atoms with Crippen LogP contribution in [-0.2, 0) is 25.3 Å². The molecule has 5 aromatic rings. The molecule has 0 radical (unpaired) electrons. The summed E-state index contributed by atoms with van der Waals surface area (Å²) in [7, 11) is 5.23. The number of imidazole rings is 1. The second-order valence-electron chi connectivity index (χ2n) is 10.1. The third-order valence-electron chi connectivity index (χ3n) is 7.22. The predicted octanol–water partition coefficient (Wildman–Crippen LogP) is 5.25. The van der Waals surface area contributed by atoms with Crippen LogP contribution in [-0.4, -0.2) is 52.8 Å². The van der Waals surface area contributed by atoms with Crippen molar-refractivity contribution in [3.8, 4) is 17.1 Å². The van der Waals surface area contributed by atoms with Gasteiger partial charge in [0.05, 0.1) is 35.4 Å². The number of hydrogen-bond acceptors (Lipinski definition) is 8. The molecule has 1 fully saturated rings. The molecule has 1 atom stereocenters. The second-order valence-corrected chi connectivity index (χ2v) is 10.1. The molecule has 0 spiro atoms. The minimum atomic E-state index is -2.81. The summed E-state index contributed by atoms with van der Waals surface area (Å²) >= 11 is 0. The Morgan fingerprint density at radius 2 is 1.95 bits per heavy atom.